The van der Waals surface area contributed by atoms with Gasteiger partial charge in [-0.2, -0.15) is 11.8 Å². The Balaban J connectivity index is 4.81. The summed E-state index contributed by atoms with van der Waals surface area (Å²) in [5, 5.41) is 12.0. The lowest BCUT2D eigenvalue weighted by Crippen LogP contribution is -2.47. The number of hydrogen-bond acceptors (Lipinski definition) is 3. The molecule has 0 rings (SSSR count). The number of rotatable bonds is 7. The fraction of sp³-hybridized carbons (Fsp3) is 0.857. The van der Waals surface area contributed by atoms with Crippen LogP contribution in [0.1, 0.15) is 47.5 Å². The predicted octanol–water partition coefficient (Wildman–Crippen LogP) is 2.77. The van der Waals surface area contributed by atoms with Gasteiger partial charge < -0.3 is 10.4 Å². The monoisotopic (exact) mass is 289 g/mol. The molecule has 0 spiro atoms. The van der Waals surface area contributed by atoms with Crippen molar-refractivity contribution in [2.24, 2.45) is 11.3 Å². The second-order valence-electron chi connectivity index (χ2n) is 5.95. The molecular weight excluding hydrogens is 262 g/mol. The van der Waals surface area contributed by atoms with Crippen molar-refractivity contribution in [3.05, 3.63) is 0 Å². The van der Waals surface area contributed by atoms with Gasteiger partial charge in [-0.05, 0) is 24.5 Å². The quantitative estimate of drug-likeness (QED) is 0.707. The van der Waals surface area contributed by atoms with Gasteiger partial charge in [-0.25, -0.2) is 0 Å². The number of nitrogens with one attached hydrogen (secondary N) is 1. The van der Waals surface area contributed by atoms with Gasteiger partial charge in [-0.3, -0.25) is 9.59 Å². The van der Waals surface area contributed by atoms with E-state index in [9.17, 15) is 14.7 Å². The summed E-state index contributed by atoms with van der Waals surface area (Å²) in [4.78, 5) is 23.4. The minimum absolute atomic E-state index is 0.00338. The summed E-state index contributed by atoms with van der Waals surface area (Å²) in [6.45, 7) is 10.0. The molecule has 1 unspecified atom stereocenters. The van der Waals surface area contributed by atoms with Gasteiger partial charge in [0.25, 0.3) is 0 Å². The Labute approximate surface area is 120 Å². The van der Waals surface area contributed by atoms with E-state index in [1.165, 1.54) is 0 Å². The van der Waals surface area contributed by atoms with E-state index in [0.29, 0.717) is 6.54 Å². The maximum atomic E-state index is 12.1. The minimum Gasteiger partial charge on any atom is -0.481 e. The van der Waals surface area contributed by atoms with E-state index in [1.54, 1.807) is 32.5 Å². The number of thioether (sulfide) groups is 1. The van der Waals surface area contributed by atoms with Crippen LogP contribution in [-0.4, -0.2) is 34.5 Å². The average Bonchev–Trinajstić information content (AvgIpc) is 2.29. The van der Waals surface area contributed by atoms with E-state index in [1.807, 2.05) is 6.26 Å². The highest BCUT2D eigenvalue weighted by molar-refractivity contribution is 8.00. The standard InChI is InChI=1S/C14H27NO3S/c1-7-14(8-2,19-6)9-15-11(16)10(12(17)18)13(3,4)5/h10H,7-9H2,1-6H3,(H,15,16)(H,17,18). The smallest absolute Gasteiger partial charge is 0.316 e. The molecule has 4 nitrogen and oxygen atoms in total. The van der Waals surface area contributed by atoms with Gasteiger partial charge in [0.05, 0.1) is 0 Å². The molecule has 2 N–H and O–H groups in total. The molecular formula is C14H27NO3S. The molecule has 5 heteroatoms. The Morgan fingerprint density at radius 2 is 1.68 bits per heavy atom. The first-order chi connectivity index (χ1) is 8.63. The Kier molecular flexibility index (Phi) is 6.91. The van der Waals surface area contributed by atoms with Gasteiger partial charge in [0, 0.05) is 11.3 Å². The largest absolute Gasteiger partial charge is 0.481 e. The number of hydrogen-bond donors (Lipinski definition) is 2. The Morgan fingerprint density at radius 3 is 1.95 bits per heavy atom. The molecule has 19 heavy (non-hydrogen) atoms. The zero-order chi connectivity index (χ0) is 15.3. The van der Waals surface area contributed by atoms with Crippen LogP contribution in [0.5, 0.6) is 0 Å². The molecule has 0 aromatic carbocycles. The number of amides is 1. The second kappa shape index (κ2) is 7.17. The van der Waals surface area contributed by atoms with Crippen molar-refractivity contribution in [1.29, 1.82) is 0 Å². The molecule has 0 saturated carbocycles. The van der Waals surface area contributed by atoms with Crippen LogP contribution >= 0.6 is 11.8 Å². The molecule has 0 bridgehead atoms. The maximum Gasteiger partial charge on any atom is 0.316 e. The van der Waals surface area contributed by atoms with Crippen molar-refractivity contribution in [2.75, 3.05) is 12.8 Å². The molecule has 0 saturated heterocycles. The number of carbonyl (C=O) groups is 2. The molecule has 1 amide bonds. The van der Waals surface area contributed by atoms with Crippen molar-refractivity contribution < 1.29 is 14.7 Å². The molecule has 0 fully saturated rings. The molecule has 0 aliphatic carbocycles. The first-order valence-electron chi connectivity index (χ1n) is 6.69. The van der Waals surface area contributed by atoms with Crippen LogP contribution in [0.2, 0.25) is 0 Å². The highest BCUT2D eigenvalue weighted by atomic mass is 32.2. The van der Waals surface area contributed by atoms with Crippen molar-refractivity contribution >= 4 is 23.6 Å². The number of carboxylic acid groups (broad SMARTS) is 1. The molecule has 1 atom stereocenters. The van der Waals surface area contributed by atoms with Gasteiger partial charge in [-0.15, -0.1) is 0 Å². The summed E-state index contributed by atoms with van der Waals surface area (Å²) in [6, 6.07) is 0. The third-order valence-electron chi connectivity index (χ3n) is 3.68. The lowest BCUT2D eigenvalue weighted by Gasteiger charge is -2.32. The van der Waals surface area contributed by atoms with Gasteiger partial charge in [0.2, 0.25) is 5.91 Å². The fourth-order valence-corrected chi connectivity index (χ4v) is 2.88. The highest BCUT2D eigenvalue weighted by Gasteiger charge is 2.38. The molecule has 0 aromatic rings. The van der Waals surface area contributed by atoms with E-state index >= 15 is 0 Å². The van der Waals surface area contributed by atoms with E-state index in [-0.39, 0.29) is 10.7 Å². The third kappa shape index (κ3) is 5.05. The Morgan fingerprint density at radius 1 is 1.21 bits per heavy atom. The summed E-state index contributed by atoms with van der Waals surface area (Å²) in [5.41, 5.74) is -0.587. The number of carbonyl (C=O) groups excluding carboxylic acids is 1. The van der Waals surface area contributed by atoms with E-state index in [2.05, 4.69) is 19.2 Å². The van der Waals surface area contributed by atoms with Crippen LogP contribution < -0.4 is 5.32 Å². The summed E-state index contributed by atoms with van der Waals surface area (Å²) in [7, 11) is 0. The van der Waals surface area contributed by atoms with Crippen LogP contribution in [0.3, 0.4) is 0 Å². The van der Waals surface area contributed by atoms with Gasteiger partial charge >= 0.3 is 5.97 Å². The SMILES string of the molecule is CCC(CC)(CNC(=O)C(C(=O)O)C(C)(C)C)SC. The van der Waals surface area contributed by atoms with Gasteiger partial charge in [0.15, 0.2) is 0 Å². The molecule has 112 valence electrons. The van der Waals surface area contributed by atoms with Crippen LogP contribution in [0.15, 0.2) is 0 Å². The lowest BCUT2D eigenvalue weighted by molar-refractivity contribution is -0.151. The topological polar surface area (TPSA) is 66.4 Å². The first-order valence-corrected chi connectivity index (χ1v) is 7.91. The van der Waals surface area contributed by atoms with Crippen LogP contribution in [0, 0.1) is 11.3 Å². The Hall–Kier alpha value is -0.710. The minimum atomic E-state index is -1.06. The van der Waals surface area contributed by atoms with E-state index in [0.717, 1.165) is 12.8 Å². The van der Waals surface area contributed by atoms with Crippen LogP contribution in [-0.2, 0) is 9.59 Å². The van der Waals surface area contributed by atoms with Crippen molar-refractivity contribution in [1.82, 2.24) is 5.32 Å². The summed E-state index contributed by atoms with van der Waals surface area (Å²) < 4.78 is -0.00338. The number of carboxylic acids is 1. The van der Waals surface area contributed by atoms with Crippen molar-refractivity contribution in [3.8, 4) is 0 Å². The fourth-order valence-electron chi connectivity index (χ4n) is 2.09. The highest BCUT2D eigenvalue weighted by Crippen LogP contribution is 2.30. The Bertz CT molecular complexity index is 311. The van der Waals surface area contributed by atoms with Gasteiger partial charge in [-0.1, -0.05) is 34.6 Å². The van der Waals surface area contributed by atoms with Crippen molar-refractivity contribution in [2.45, 2.75) is 52.2 Å². The van der Waals surface area contributed by atoms with E-state index in [4.69, 9.17) is 0 Å². The van der Waals surface area contributed by atoms with Gasteiger partial charge in [0.1, 0.15) is 5.92 Å². The van der Waals surface area contributed by atoms with Crippen LogP contribution in [0.4, 0.5) is 0 Å². The van der Waals surface area contributed by atoms with Crippen LogP contribution in [0.25, 0.3) is 0 Å². The molecule has 0 aromatic heterocycles. The summed E-state index contributed by atoms with van der Waals surface area (Å²) >= 11 is 1.72. The first kappa shape index (κ1) is 18.3. The third-order valence-corrected chi connectivity index (χ3v) is 5.27. The number of aliphatic carboxylic acids is 1. The predicted molar refractivity (Wildman–Crippen MR) is 80.4 cm³/mol. The normalized spacial score (nSPS) is 14.0. The summed E-state index contributed by atoms with van der Waals surface area (Å²) in [6.07, 6.45) is 3.91. The maximum absolute atomic E-state index is 12.1. The second-order valence-corrected chi connectivity index (χ2v) is 7.22. The zero-order valence-corrected chi connectivity index (χ0v) is 13.7. The van der Waals surface area contributed by atoms with Crippen molar-refractivity contribution in [3.63, 3.8) is 0 Å². The molecule has 0 radical (unpaired) electrons. The molecule has 0 aliphatic heterocycles. The molecule has 0 heterocycles. The zero-order valence-electron chi connectivity index (χ0n) is 12.9. The van der Waals surface area contributed by atoms with E-state index < -0.39 is 17.3 Å². The summed E-state index contributed by atoms with van der Waals surface area (Å²) in [5.74, 6) is -2.46. The lowest BCUT2D eigenvalue weighted by atomic mass is 9.80. The average molecular weight is 289 g/mol. The molecule has 0 aliphatic rings.